The van der Waals surface area contributed by atoms with Crippen LogP contribution in [0.15, 0.2) is 53.4 Å². The van der Waals surface area contributed by atoms with Gasteiger partial charge in [-0.2, -0.15) is 0 Å². The maximum atomic E-state index is 12.4. The second-order valence-corrected chi connectivity index (χ2v) is 11.2. The number of fused-ring (bicyclic) bond motifs is 1. The Bertz CT molecular complexity index is 898. The van der Waals surface area contributed by atoms with Gasteiger partial charge in [0.2, 0.25) is 0 Å². The minimum absolute atomic E-state index is 0.146. The predicted molar refractivity (Wildman–Crippen MR) is 124 cm³/mol. The lowest BCUT2D eigenvalue weighted by atomic mass is 9.95. The Morgan fingerprint density at radius 2 is 1.80 bits per heavy atom. The lowest BCUT2D eigenvalue weighted by Gasteiger charge is -2.26. The van der Waals surface area contributed by atoms with Crippen LogP contribution in [-0.4, -0.2) is 29.7 Å². The average molecular weight is 424 g/mol. The summed E-state index contributed by atoms with van der Waals surface area (Å²) in [5.41, 5.74) is 3.82. The minimum atomic E-state index is -0.439. The van der Waals surface area contributed by atoms with Crippen molar-refractivity contribution >= 4 is 17.9 Å². The van der Waals surface area contributed by atoms with Crippen LogP contribution in [0, 0.1) is 5.92 Å². The van der Waals surface area contributed by atoms with E-state index < -0.39 is 5.60 Å². The Labute approximate surface area is 185 Å². The molecule has 0 spiro atoms. The monoisotopic (exact) mass is 423 g/mol. The summed E-state index contributed by atoms with van der Waals surface area (Å²) in [7, 11) is 0. The van der Waals surface area contributed by atoms with Gasteiger partial charge in [0.25, 0.3) is 0 Å². The molecule has 3 nitrogen and oxygen atoms in total. The predicted octanol–water partition coefficient (Wildman–Crippen LogP) is 6.61. The Balaban J connectivity index is 1.34. The van der Waals surface area contributed by atoms with Crippen LogP contribution in [0.5, 0.6) is 0 Å². The molecule has 0 bridgehead atoms. The van der Waals surface area contributed by atoms with E-state index in [4.69, 9.17) is 4.74 Å². The van der Waals surface area contributed by atoms with Gasteiger partial charge in [-0.05, 0) is 67.9 Å². The molecule has 1 aliphatic heterocycles. The molecule has 2 atom stereocenters. The van der Waals surface area contributed by atoms with Crippen LogP contribution in [0.2, 0.25) is 0 Å². The summed E-state index contributed by atoms with van der Waals surface area (Å²) in [5.74, 6) is 2.13. The van der Waals surface area contributed by atoms with Gasteiger partial charge in [0, 0.05) is 29.2 Å². The fourth-order valence-corrected chi connectivity index (χ4v) is 5.30. The highest BCUT2D eigenvalue weighted by atomic mass is 32.2. The molecule has 0 N–H and O–H groups in total. The summed E-state index contributed by atoms with van der Waals surface area (Å²) >= 11 is 1.88. The summed E-state index contributed by atoms with van der Waals surface area (Å²) in [6.45, 7) is 11.8. The number of ether oxygens (including phenoxy) is 1. The summed E-state index contributed by atoms with van der Waals surface area (Å²) in [6.07, 6.45) is 1.01. The van der Waals surface area contributed by atoms with E-state index >= 15 is 0 Å². The van der Waals surface area contributed by atoms with Crippen molar-refractivity contribution in [3.8, 4) is 0 Å². The second kappa shape index (κ2) is 7.96. The molecule has 1 saturated heterocycles. The van der Waals surface area contributed by atoms with E-state index in [9.17, 15) is 4.79 Å². The lowest BCUT2D eigenvalue weighted by Crippen LogP contribution is -2.37. The highest BCUT2D eigenvalue weighted by Crippen LogP contribution is 2.59. The first kappa shape index (κ1) is 21.3. The van der Waals surface area contributed by atoms with Crippen molar-refractivity contribution in [2.75, 3.05) is 13.1 Å². The van der Waals surface area contributed by atoms with Crippen molar-refractivity contribution < 1.29 is 9.53 Å². The standard InChI is InChI=1S/C26H33NO2S/c1-18(2)20-8-6-19(7-9-20)16-30-23-12-10-21(11-13-23)26-14-22(26)15-27(17-26)24(28)29-25(3,4)5/h6-13,18,22H,14-17H2,1-5H3/t22?,26-/m0/s1. The molecule has 1 unspecified atom stereocenters. The molecule has 2 aromatic carbocycles. The van der Waals surface area contributed by atoms with Crippen molar-refractivity contribution in [3.05, 3.63) is 65.2 Å². The molecule has 2 aromatic rings. The number of carbonyl (C=O) groups excluding carboxylic acids is 1. The van der Waals surface area contributed by atoms with E-state index in [-0.39, 0.29) is 11.5 Å². The Hall–Kier alpha value is -1.94. The van der Waals surface area contributed by atoms with E-state index in [2.05, 4.69) is 62.4 Å². The summed E-state index contributed by atoms with van der Waals surface area (Å²) in [4.78, 5) is 15.6. The topological polar surface area (TPSA) is 29.5 Å². The molecule has 0 radical (unpaired) electrons. The number of hydrogen-bond acceptors (Lipinski definition) is 3. The van der Waals surface area contributed by atoms with E-state index in [1.54, 1.807) is 0 Å². The minimum Gasteiger partial charge on any atom is -0.444 e. The van der Waals surface area contributed by atoms with Crippen LogP contribution in [-0.2, 0) is 15.9 Å². The summed E-state index contributed by atoms with van der Waals surface area (Å²) in [5, 5.41) is 0. The van der Waals surface area contributed by atoms with Gasteiger partial charge in [0.15, 0.2) is 0 Å². The van der Waals surface area contributed by atoms with Crippen LogP contribution < -0.4 is 0 Å². The third-order valence-corrected chi connectivity index (χ3v) is 7.36. The van der Waals surface area contributed by atoms with Gasteiger partial charge in [-0.1, -0.05) is 50.2 Å². The van der Waals surface area contributed by atoms with Gasteiger partial charge in [-0.15, -0.1) is 11.8 Å². The quantitative estimate of drug-likeness (QED) is 0.507. The number of benzene rings is 2. The first-order valence-corrected chi connectivity index (χ1v) is 11.9. The molecule has 2 fully saturated rings. The Morgan fingerprint density at radius 1 is 1.13 bits per heavy atom. The average Bonchev–Trinajstić information content (AvgIpc) is 3.26. The number of hydrogen-bond donors (Lipinski definition) is 0. The van der Waals surface area contributed by atoms with E-state index in [1.807, 2.05) is 37.4 Å². The third-order valence-electron chi connectivity index (χ3n) is 6.28. The summed E-state index contributed by atoms with van der Waals surface area (Å²) in [6, 6.07) is 18.0. The molecule has 160 valence electrons. The van der Waals surface area contributed by atoms with Gasteiger partial charge in [0.05, 0.1) is 0 Å². The number of amides is 1. The fourth-order valence-electron chi connectivity index (χ4n) is 4.44. The normalized spacial score (nSPS) is 22.9. The zero-order valence-corrected chi connectivity index (χ0v) is 19.6. The largest absolute Gasteiger partial charge is 0.444 e. The van der Waals surface area contributed by atoms with Crippen molar-refractivity contribution in [3.63, 3.8) is 0 Å². The number of carbonyl (C=O) groups is 1. The molecule has 2 aliphatic rings. The van der Waals surface area contributed by atoms with Gasteiger partial charge in [-0.3, -0.25) is 0 Å². The van der Waals surface area contributed by atoms with Crippen LogP contribution >= 0.6 is 11.8 Å². The van der Waals surface area contributed by atoms with Gasteiger partial charge in [-0.25, -0.2) is 4.79 Å². The highest BCUT2D eigenvalue weighted by Gasteiger charge is 2.62. The molecule has 1 aliphatic carbocycles. The maximum absolute atomic E-state index is 12.4. The van der Waals surface area contributed by atoms with Crippen molar-refractivity contribution in [2.24, 2.45) is 5.92 Å². The van der Waals surface area contributed by atoms with Crippen LogP contribution in [0.4, 0.5) is 4.79 Å². The van der Waals surface area contributed by atoms with Crippen LogP contribution in [0.1, 0.15) is 63.6 Å². The van der Waals surface area contributed by atoms with Crippen molar-refractivity contribution in [2.45, 2.75) is 68.6 Å². The summed E-state index contributed by atoms with van der Waals surface area (Å²) < 4.78 is 5.57. The molecular formula is C26H33NO2S. The van der Waals surface area contributed by atoms with E-state index in [0.717, 1.165) is 18.8 Å². The van der Waals surface area contributed by atoms with Gasteiger partial charge >= 0.3 is 6.09 Å². The van der Waals surface area contributed by atoms with Gasteiger partial charge in [0.1, 0.15) is 5.60 Å². The lowest BCUT2D eigenvalue weighted by molar-refractivity contribution is 0.0270. The van der Waals surface area contributed by atoms with Crippen LogP contribution in [0.3, 0.4) is 0 Å². The van der Waals surface area contributed by atoms with E-state index in [0.29, 0.717) is 11.8 Å². The molecular weight excluding hydrogens is 390 g/mol. The number of thioether (sulfide) groups is 1. The molecule has 1 amide bonds. The third kappa shape index (κ3) is 4.54. The number of rotatable bonds is 5. The zero-order chi connectivity index (χ0) is 21.5. The number of nitrogens with zero attached hydrogens (tertiary/aromatic N) is 1. The molecule has 4 heteroatoms. The SMILES string of the molecule is CC(C)c1ccc(CSc2ccc([C@@]34CC3CN(C(=O)OC(C)(C)C)C4)cc2)cc1. The van der Waals surface area contributed by atoms with Crippen LogP contribution in [0.25, 0.3) is 0 Å². The number of piperidine rings is 1. The zero-order valence-electron chi connectivity index (χ0n) is 18.8. The first-order chi connectivity index (χ1) is 14.2. The maximum Gasteiger partial charge on any atom is 0.410 e. The molecule has 1 heterocycles. The smallest absolute Gasteiger partial charge is 0.410 e. The molecule has 30 heavy (non-hydrogen) atoms. The highest BCUT2D eigenvalue weighted by molar-refractivity contribution is 7.98. The Morgan fingerprint density at radius 3 is 2.40 bits per heavy atom. The number of likely N-dealkylation sites (tertiary alicyclic amines) is 1. The van der Waals surface area contributed by atoms with Crippen molar-refractivity contribution in [1.29, 1.82) is 0 Å². The first-order valence-electron chi connectivity index (χ1n) is 11.0. The van der Waals surface area contributed by atoms with Gasteiger partial charge < -0.3 is 9.64 Å². The second-order valence-electron chi connectivity index (χ2n) is 10.1. The molecule has 0 aromatic heterocycles. The fraction of sp³-hybridized carbons (Fsp3) is 0.500. The van der Waals surface area contributed by atoms with Crippen molar-refractivity contribution in [1.82, 2.24) is 4.90 Å². The van der Waals surface area contributed by atoms with E-state index in [1.165, 1.54) is 28.0 Å². The molecule has 1 saturated carbocycles. The molecule has 4 rings (SSSR count). The Kier molecular flexibility index (Phi) is 5.65.